The Hall–Kier alpha value is -5.95. The zero-order valence-electron chi connectivity index (χ0n) is 25.9. The number of para-hydroxylation sites is 2. The van der Waals surface area contributed by atoms with Gasteiger partial charge < -0.3 is 42.5 Å². The van der Waals surface area contributed by atoms with Crippen molar-refractivity contribution in [3.8, 4) is 0 Å². The smallest absolute Gasteiger partial charge is 0.326 e. The van der Waals surface area contributed by atoms with Crippen LogP contribution in [0.3, 0.4) is 0 Å². The number of carbonyl (C=O) groups is 5. The van der Waals surface area contributed by atoms with Crippen LogP contribution in [0.5, 0.6) is 0 Å². The van der Waals surface area contributed by atoms with Crippen LogP contribution >= 0.6 is 0 Å². The number of hydrogen-bond acceptors (Lipinski definition) is 6. The number of aliphatic carboxylic acids is 1. The Kier molecular flexibility index (Phi) is 10.5. The van der Waals surface area contributed by atoms with E-state index in [1.54, 1.807) is 42.7 Å². The molecule has 5 rings (SSSR count). The number of carbonyl (C=O) groups excluding carboxylic acids is 4. The first-order chi connectivity index (χ1) is 23.1. The minimum Gasteiger partial charge on any atom is -0.480 e. The lowest BCUT2D eigenvalue weighted by Crippen LogP contribution is -2.58. The maximum absolute atomic E-state index is 13.7. The van der Waals surface area contributed by atoms with E-state index in [2.05, 4.69) is 25.9 Å². The van der Waals surface area contributed by atoms with E-state index in [0.717, 1.165) is 27.4 Å². The molecule has 4 unspecified atom stereocenters. The molecule has 2 heterocycles. The highest BCUT2D eigenvalue weighted by atomic mass is 16.4. The number of amides is 4. The second kappa shape index (κ2) is 15.1. The van der Waals surface area contributed by atoms with Crippen LogP contribution in [0.25, 0.3) is 21.8 Å². The number of hydrogen-bond donors (Lipinski definition) is 8. The quantitative estimate of drug-likeness (QED) is 0.0830. The Labute approximate surface area is 275 Å². The lowest BCUT2D eigenvalue weighted by molar-refractivity contribution is -0.142. The minimum atomic E-state index is -1.45. The van der Waals surface area contributed by atoms with Crippen molar-refractivity contribution in [3.63, 3.8) is 0 Å². The second-order valence-electron chi connectivity index (χ2n) is 11.6. The van der Waals surface area contributed by atoms with Gasteiger partial charge in [-0.1, -0.05) is 66.7 Å². The van der Waals surface area contributed by atoms with Gasteiger partial charge in [0.15, 0.2) is 0 Å². The number of aromatic nitrogens is 2. The van der Waals surface area contributed by atoms with Crippen molar-refractivity contribution in [2.45, 2.75) is 49.9 Å². The third kappa shape index (κ3) is 8.25. The molecule has 13 nitrogen and oxygen atoms in total. The highest BCUT2D eigenvalue weighted by Gasteiger charge is 2.32. The summed E-state index contributed by atoms with van der Waals surface area (Å²) in [5.74, 6) is -4.45. The highest BCUT2D eigenvalue weighted by molar-refractivity contribution is 5.96. The molecule has 0 aliphatic heterocycles. The maximum atomic E-state index is 13.7. The summed E-state index contributed by atoms with van der Waals surface area (Å²) in [6.07, 6.45) is 3.00. The summed E-state index contributed by atoms with van der Waals surface area (Å²) < 4.78 is 0. The first-order valence-electron chi connectivity index (χ1n) is 15.4. The van der Waals surface area contributed by atoms with Gasteiger partial charge in [-0.25, -0.2) is 4.79 Å². The highest BCUT2D eigenvalue weighted by Crippen LogP contribution is 2.20. The van der Waals surface area contributed by atoms with Gasteiger partial charge in [-0.05, 0) is 35.2 Å². The summed E-state index contributed by atoms with van der Waals surface area (Å²) in [5.41, 5.74) is 15.5. The van der Waals surface area contributed by atoms with Gasteiger partial charge in [-0.3, -0.25) is 19.2 Å². The second-order valence-corrected chi connectivity index (χ2v) is 11.6. The summed E-state index contributed by atoms with van der Waals surface area (Å²) in [6, 6.07) is 18.6. The summed E-state index contributed by atoms with van der Waals surface area (Å²) in [4.78, 5) is 70.8. The van der Waals surface area contributed by atoms with Gasteiger partial charge >= 0.3 is 5.97 Å². The molecule has 0 radical (unpaired) electrons. The largest absolute Gasteiger partial charge is 0.480 e. The predicted molar refractivity (Wildman–Crippen MR) is 179 cm³/mol. The van der Waals surface area contributed by atoms with Crippen LogP contribution in [0.4, 0.5) is 0 Å². The number of nitrogens with one attached hydrogen (secondary N) is 5. The molecule has 2 aromatic heterocycles. The number of rotatable bonds is 15. The van der Waals surface area contributed by atoms with Crippen molar-refractivity contribution in [3.05, 3.63) is 108 Å². The fourth-order valence-corrected chi connectivity index (χ4v) is 5.64. The fourth-order valence-electron chi connectivity index (χ4n) is 5.64. The van der Waals surface area contributed by atoms with E-state index in [1.807, 2.05) is 48.5 Å². The van der Waals surface area contributed by atoms with E-state index in [4.69, 9.17) is 11.5 Å². The molecule has 4 amide bonds. The molecule has 0 spiro atoms. The summed E-state index contributed by atoms with van der Waals surface area (Å²) in [7, 11) is 0. The monoisotopic (exact) mass is 651 g/mol. The van der Waals surface area contributed by atoms with Crippen LogP contribution < -0.4 is 27.4 Å². The SMILES string of the molecule is NC(=O)CC(NC(=O)C(N)Cc1c[nH]c2ccccc12)C(=O)NC(Cc1ccccc1)C(=O)NC(Cc1c[nH]c2ccccc12)C(=O)O. The van der Waals surface area contributed by atoms with Crippen LogP contribution in [0.15, 0.2) is 91.3 Å². The molecular formula is C35H37N7O6. The fraction of sp³-hybridized carbons (Fsp3) is 0.229. The molecule has 4 atom stereocenters. The van der Waals surface area contributed by atoms with E-state index in [9.17, 15) is 29.1 Å². The minimum absolute atomic E-state index is 0.00481. The van der Waals surface area contributed by atoms with Gasteiger partial charge in [0.1, 0.15) is 18.1 Å². The number of benzene rings is 3. The van der Waals surface area contributed by atoms with Crippen LogP contribution in [0, 0.1) is 0 Å². The van der Waals surface area contributed by atoms with E-state index in [-0.39, 0.29) is 19.3 Å². The van der Waals surface area contributed by atoms with Gasteiger partial charge in [0, 0.05) is 47.0 Å². The summed E-state index contributed by atoms with van der Waals surface area (Å²) >= 11 is 0. The van der Waals surface area contributed by atoms with Crippen LogP contribution in [0.1, 0.15) is 23.1 Å². The van der Waals surface area contributed by atoms with Gasteiger partial charge in [0.05, 0.1) is 12.5 Å². The van der Waals surface area contributed by atoms with Gasteiger partial charge in [-0.2, -0.15) is 0 Å². The Morgan fingerprint density at radius 2 is 1.12 bits per heavy atom. The maximum Gasteiger partial charge on any atom is 0.326 e. The van der Waals surface area contributed by atoms with E-state index < -0.39 is 60.2 Å². The van der Waals surface area contributed by atoms with Crippen LogP contribution in [-0.4, -0.2) is 68.8 Å². The first kappa shape index (κ1) is 33.4. The number of primary amides is 1. The summed E-state index contributed by atoms with van der Waals surface area (Å²) in [5, 5.41) is 19.4. The van der Waals surface area contributed by atoms with Crippen molar-refractivity contribution < 1.29 is 29.1 Å². The molecule has 0 fully saturated rings. The zero-order chi connectivity index (χ0) is 34.2. The Balaban J connectivity index is 1.31. The molecule has 0 saturated heterocycles. The van der Waals surface area contributed by atoms with E-state index in [1.165, 1.54) is 0 Å². The van der Waals surface area contributed by atoms with E-state index >= 15 is 0 Å². The average Bonchev–Trinajstić information content (AvgIpc) is 3.67. The molecule has 0 aliphatic rings. The van der Waals surface area contributed by atoms with Gasteiger partial charge in [0.2, 0.25) is 23.6 Å². The third-order valence-electron chi connectivity index (χ3n) is 8.12. The van der Waals surface area contributed by atoms with Crippen LogP contribution in [0.2, 0.25) is 0 Å². The number of aromatic amines is 2. The van der Waals surface area contributed by atoms with E-state index in [0.29, 0.717) is 11.1 Å². The molecule has 3 aromatic carbocycles. The van der Waals surface area contributed by atoms with Crippen molar-refractivity contribution in [1.82, 2.24) is 25.9 Å². The molecule has 0 aliphatic carbocycles. The number of H-pyrrole nitrogens is 2. The lowest BCUT2D eigenvalue weighted by Gasteiger charge is -2.25. The molecule has 0 saturated carbocycles. The van der Waals surface area contributed by atoms with Crippen molar-refractivity contribution in [1.29, 1.82) is 0 Å². The van der Waals surface area contributed by atoms with Gasteiger partial charge in [-0.15, -0.1) is 0 Å². The normalized spacial score (nSPS) is 13.7. The Bertz CT molecular complexity index is 1940. The number of nitrogens with two attached hydrogens (primary N) is 2. The van der Waals surface area contributed by atoms with Crippen molar-refractivity contribution in [2.24, 2.45) is 11.5 Å². The Morgan fingerprint density at radius 1 is 0.625 bits per heavy atom. The summed E-state index contributed by atoms with van der Waals surface area (Å²) in [6.45, 7) is 0. The third-order valence-corrected chi connectivity index (χ3v) is 8.12. The van der Waals surface area contributed by atoms with Crippen molar-refractivity contribution >= 4 is 51.4 Å². The Morgan fingerprint density at radius 3 is 1.71 bits per heavy atom. The standard InChI is InChI=1S/C35H37N7O6/c36-25(15-21-18-38-26-12-6-4-10-23(21)26)32(44)40-29(17-31(37)43)34(46)41-28(14-20-8-2-1-3-9-20)33(45)42-30(35(47)48)16-22-19-39-27-13-7-5-11-24(22)27/h1-13,18-19,25,28-30,38-39H,14-17,36H2,(H2,37,43)(H,40,44)(H,41,46)(H,42,45)(H,47,48). The molecule has 248 valence electrons. The first-order valence-corrected chi connectivity index (χ1v) is 15.4. The molecular weight excluding hydrogens is 614 g/mol. The number of fused-ring (bicyclic) bond motifs is 2. The molecule has 0 bridgehead atoms. The topological polar surface area (TPSA) is 225 Å². The molecule has 10 N–H and O–H groups in total. The van der Waals surface area contributed by atoms with Crippen LogP contribution in [-0.2, 0) is 43.2 Å². The lowest BCUT2D eigenvalue weighted by atomic mass is 10.0. The molecule has 48 heavy (non-hydrogen) atoms. The molecule has 13 heteroatoms. The number of carboxylic acid groups (broad SMARTS) is 1. The predicted octanol–water partition coefficient (Wildman–Crippen LogP) is 1.42. The molecule has 5 aromatic rings. The zero-order valence-corrected chi connectivity index (χ0v) is 25.9. The van der Waals surface area contributed by atoms with Crippen molar-refractivity contribution in [2.75, 3.05) is 0 Å². The number of carboxylic acids is 1. The van der Waals surface area contributed by atoms with Gasteiger partial charge in [0.25, 0.3) is 0 Å². The average molecular weight is 652 g/mol.